The largest absolute Gasteiger partial charge is 0.467 e. The van der Waals surface area contributed by atoms with E-state index in [1.54, 1.807) is 23.9 Å². The van der Waals surface area contributed by atoms with E-state index in [2.05, 4.69) is 20.0 Å². The molecule has 0 N–H and O–H groups in total. The molecule has 2 aromatic heterocycles. The molecule has 1 aliphatic heterocycles. The number of thiazole rings is 1. The zero-order valence-electron chi connectivity index (χ0n) is 10.9. The van der Waals surface area contributed by atoms with Gasteiger partial charge in [0.1, 0.15) is 18.3 Å². The Labute approximate surface area is 116 Å². The summed E-state index contributed by atoms with van der Waals surface area (Å²) in [6, 6.07) is 0. The highest BCUT2D eigenvalue weighted by Gasteiger charge is 2.22. The second-order valence-corrected chi connectivity index (χ2v) is 5.55. The third-order valence-corrected chi connectivity index (χ3v) is 4.04. The van der Waals surface area contributed by atoms with E-state index in [4.69, 9.17) is 4.74 Å². The number of piperidine rings is 1. The van der Waals surface area contributed by atoms with Crippen LogP contribution in [0.4, 0.5) is 0 Å². The van der Waals surface area contributed by atoms with E-state index in [9.17, 15) is 0 Å². The number of likely N-dealkylation sites (tertiary alicyclic amines) is 1. The minimum Gasteiger partial charge on any atom is -0.467 e. The first kappa shape index (κ1) is 12.6. The Morgan fingerprint density at radius 1 is 1.37 bits per heavy atom. The molecule has 0 spiro atoms. The summed E-state index contributed by atoms with van der Waals surface area (Å²) < 4.78 is 7.68. The van der Waals surface area contributed by atoms with Crippen molar-refractivity contribution in [3.63, 3.8) is 0 Å². The molecule has 0 aromatic carbocycles. The van der Waals surface area contributed by atoms with Crippen LogP contribution in [0.2, 0.25) is 0 Å². The number of aromatic nitrogens is 4. The predicted octanol–water partition coefficient (Wildman–Crippen LogP) is 1.31. The number of nitrogens with zero attached hydrogens (tertiary/aromatic N) is 5. The third kappa shape index (κ3) is 3.10. The molecule has 0 atom stereocenters. The van der Waals surface area contributed by atoms with Crippen LogP contribution in [0.15, 0.2) is 17.9 Å². The van der Waals surface area contributed by atoms with E-state index < -0.39 is 0 Å². The third-order valence-electron chi connectivity index (χ3n) is 3.38. The molecule has 0 radical (unpaired) electrons. The first-order chi connectivity index (χ1) is 9.31. The van der Waals surface area contributed by atoms with Gasteiger partial charge in [0.25, 0.3) is 5.19 Å². The first-order valence-electron chi connectivity index (χ1n) is 6.42. The van der Waals surface area contributed by atoms with E-state index >= 15 is 0 Å². The van der Waals surface area contributed by atoms with Crippen molar-refractivity contribution in [1.29, 1.82) is 0 Å². The highest BCUT2D eigenvalue weighted by molar-refractivity contribution is 7.11. The number of hydrogen-bond donors (Lipinski definition) is 0. The summed E-state index contributed by atoms with van der Waals surface area (Å²) in [5.41, 5.74) is 0. The fraction of sp³-hybridized carbons (Fsp3) is 0.583. The lowest BCUT2D eigenvalue weighted by Crippen LogP contribution is -2.38. The van der Waals surface area contributed by atoms with Crippen molar-refractivity contribution in [2.24, 2.45) is 7.05 Å². The molecule has 0 aliphatic carbocycles. The van der Waals surface area contributed by atoms with Gasteiger partial charge in [-0.25, -0.2) is 9.97 Å². The van der Waals surface area contributed by atoms with Crippen LogP contribution in [0, 0.1) is 0 Å². The highest BCUT2D eigenvalue weighted by atomic mass is 32.1. The maximum absolute atomic E-state index is 5.85. The molecule has 102 valence electrons. The molecular weight excluding hydrogens is 262 g/mol. The normalized spacial score (nSPS) is 17.7. The number of hydrogen-bond acceptors (Lipinski definition) is 6. The zero-order valence-corrected chi connectivity index (χ0v) is 11.7. The smallest absolute Gasteiger partial charge is 0.273 e. The van der Waals surface area contributed by atoms with Gasteiger partial charge < -0.3 is 4.74 Å². The van der Waals surface area contributed by atoms with Gasteiger partial charge in [0.05, 0.1) is 6.54 Å². The van der Waals surface area contributed by atoms with Gasteiger partial charge >= 0.3 is 0 Å². The van der Waals surface area contributed by atoms with Crippen molar-refractivity contribution >= 4 is 11.3 Å². The van der Waals surface area contributed by atoms with Crippen LogP contribution in [-0.2, 0) is 13.6 Å². The van der Waals surface area contributed by atoms with Crippen LogP contribution in [0.25, 0.3) is 0 Å². The predicted molar refractivity (Wildman–Crippen MR) is 72.0 cm³/mol. The van der Waals surface area contributed by atoms with Gasteiger partial charge in [-0.05, 0) is 12.8 Å². The first-order valence-corrected chi connectivity index (χ1v) is 7.30. The molecule has 1 fully saturated rings. The van der Waals surface area contributed by atoms with Crippen molar-refractivity contribution in [2.45, 2.75) is 25.5 Å². The molecule has 7 heteroatoms. The van der Waals surface area contributed by atoms with E-state index in [0.29, 0.717) is 6.10 Å². The Hall–Kier alpha value is -1.47. The second-order valence-electron chi connectivity index (χ2n) is 4.69. The van der Waals surface area contributed by atoms with Crippen molar-refractivity contribution < 1.29 is 4.74 Å². The average molecular weight is 279 g/mol. The minimum absolute atomic E-state index is 0.293. The molecule has 6 nitrogen and oxygen atoms in total. The summed E-state index contributed by atoms with van der Waals surface area (Å²) in [6.07, 6.45) is 5.76. The second kappa shape index (κ2) is 5.66. The Morgan fingerprint density at radius 3 is 2.84 bits per heavy atom. The van der Waals surface area contributed by atoms with Crippen LogP contribution >= 0.6 is 11.3 Å². The lowest BCUT2D eigenvalue weighted by molar-refractivity contribution is 0.0945. The van der Waals surface area contributed by atoms with Gasteiger partial charge in [0, 0.05) is 31.7 Å². The maximum atomic E-state index is 5.85. The van der Waals surface area contributed by atoms with Gasteiger partial charge in [-0.3, -0.25) is 9.58 Å². The molecule has 0 saturated carbocycles. The number of rotatable bonds is 4. The van der Waals surface area contributed by atoms with E-state index in [-0.39, 0.29) is 0 Å². The fourth-order valence-electron chi connectivity index (χ4n) is 2.26. The monoisotopic (exact) mass is 279 g/mol. The molecule has 1 aliphatic rings. The molecule has 2 aromatic rings. The summed E-state index contributed by atoms with van der Waals surface area (Å²) in [5, 5.41) is 6.82. The molecule has 3 heterocycles. The minimum atomic E-state index is 0.293. The maximum Gasteiger partial charge on any atom is 0.273 e. The van der Waals surface area contributed by atoms with Gasteiger partial charge in [-0.15, -0.1) is 0 Å². The highest BCUT2D eigenvalue weighted by Crippen LogP contribution is 2.21. The lowest BCUT2D eigenvalue weighted by Gasteiger charge is -2.31. The molecule has 3 rings (SSSR count). The summed E-state index contributed by atoms with van der Waals surface area (Å²) in [6.45, 7) is 2.92. The summed E-state index contributed by atoms with van der Waals surface area (Å²) in [5.74, 6) is 1.01. The van der Waals surface area contributed by atoms with Gasteiger partial charge in [-0.1, -0.05) is 11.3 Å². The molecule has 0 amide bonds. The Bertz CT molecular complexity index is 504. The SMILES string of the molecule is Cn1ncnc1CN1CCC(Oc2nccs2)CC1. The fourth-order valence-corrected chi connectivity index (χ4v) is 2.81. The standard InChI is InChI=1S/C12H17N5OS/c1-16-11(14-9-15-16)8-17-5-2-10(3-6-17)18-12-13-4-7-19-12/h4,7,9-10H,2-3,5-6,8H2,1H3. The van der Waals surface area contributed by atoms with Crippen LogP contribution in [0.1, 0.15) is 18.7 Å². The van der Waals surface area contributed by atoms with E-state index in [1.807, 2.05) is 17.1 Å². The lowest BCUT2D eigenvalue weighted by atomic mass is 10.1. The topological polar surface area (TPSA) is 56.1 Å². The van der Waals surface area contributed by atoms with Crippen LogP contribution < -0.4 is 4.74 Å². The number of ether oxygens (including phenoxy) is 1. The van der Waals surface area contributed by atoms with E-state index in [1.165, 1.54) is 0 Å². The van der Waals surface area contributed by atoms with Crippen molar-refractivity contribution in [3.8, 4) is 5.19 Å². The number of aryl methyl sites for hydroxylation is 1. The molecule has 0 bridgehead atoms. The van der Waals surface area contributed by atoms with Gasteiger partial charge in [0.15, 0.2) is 0 Å². The van der Waals surface area contributed by atoms with E-state index in [0.717, 1.165) is 43.5 Å². The van der Waals surface area contributed by atoms with Crippen LogP contribution in [0.3, 0.4) is 0 Å². The van der Waals surface area contributed by atoms with Crippen LogP contribution in [-0.4, -0.2) is 43.8 Å². The van der Waals surface area contributed by atoms with Gasteiger partial charge in [-0.2, -0.15) is 5.10 Å². The van der Waals surface area contributed by atoms with Gasteiger partial charge in [0.2, 0.25) is 0 Å². The molecule has 0 unspecified atom stereocenters. The van der Waals surface area contributed by atoms with Crippen LogP contribution in [0.5, 0.6) is 5.19 Å². The quantitative estimate of drug-likeness (QED) is 0.844. The van der Waals surface area contributed by atoms with Crippen molar-refractivity contribution in [2.75, 3.05) is 13.1 Å². The zero-order chi connectivity index (χ0) is 13.1. The molecular formula is C12H17N5OS. The van der Waals surface area contributed by atoms with Crippen molar-refractivity contribution in [3.05, 3.63) is 23.7 Å². The van der Waals surface area contributed by atoms with Crippen molar-refractivity contribution in [1.82, 2.24) is 24.6 Å². The summed E-state index contributed by atoms with van der Waals surface area (Å²) >= 11 is 1.55. The Kier molecular flexibility index (Phi) is 3.74. The summed E-state index contributed by atoms with van der Waals surface area (Å²) in [7, 11) is 1.93. The Balaban J connectivity index is 1.48. The molecule has 19 heavy (non-hydrogen) atoms. The average Bonchev–Trinajstić information content (AvgIpc) is 3.05. The Morgan fingerprint density at radius 2 is 2.21 bits per heavy atom. The molecule has 1 saturated heterocycles. The summed E-state index contributed by atoms with van der Waals surface area (Å²) in [4.78, 5) is 10.8.